The molecular formula is C14H18N4O. The third-order valence-electron chi connectivity index (χ3n) is 3.60. The van der Waals surface area contributed by atoms with Gasteiger partial charge in [0.15, 0.2) is 0 Å². The van der Waals surface area contributed by atoms with Gasteiger partial charge in [-0.3, -0.25) is 4.79 Å². The highest BCUT2D eigenvalue weighted by Gasteiger charge is 2.20. The minimum absolute atomic E-state index is 0.115. The van der Waals surface area contributed by atoms with E-state index in [9.17, 15) is 4.79 Å². The normalized spacial score (nSPS) is 19.5. The number of fused-ring (bicyclic) bond motifs is 1. The van der Waals surface area contributed by atoms with Gasteiger partial charge in [-0.15, -0.1) is 0 Å². The number of carbonyl (C=O) groups is 1. The Morgan fingerprint density at radius 1 is 1.53 bits per heavy atom. The Morgan fingerprint density at radius 3 is 3.32 bits per heavy atom. The van der Waals surface area contributed by atoms with Gasteiger partial charge in [-0.05, 0) is 37.1 Å². The molecule has 5 heteroatoms. The summed E-state index contributed by atoms with van der Waals surface area (Å²) in [5, 5.41) is 6.27. The van der Waals surface area contributed by atoms with Crippen molar-refractivity contribution >= 4 is 11.6 Å². The lowest BCUT2D eigenvalue weighted by Crippen LogP contribution is -2.40. The minimum Gasteiger partial charge on any atom is -0.352 e. The van der Waals surface area contributed by atoms with Crippen molar-refractivity contribution in [1.29, 1.82) is 0 Å². The molecule has 1 unspecified atom stereocenters. The zero-order valence-electron chi connectivity index (χ0n) is 10.8. The number of hydrogen-bond donors (Lipinski definition) is 2. The fourth-order valence-electron chi connectivity index (χ4n) is 2.47. The van der Waals surface area contributed by atoms with Gasteiger partial charge in [0.2, 0.25) is 5.91 Å². The van der Waals surface area contributed by atoms with E-state index in [-0.39, 0.29) is 11.8 Å². The van der Waals surface area contributed by atoms with E-state index in [1.807, 2.05) is 28.9 Å². The summed E-state index contributed by atoms with van der Waals surface area (Å²) in [6.07, 6.45) is 7.71. The molecule has 0 radical (unpaired) electrons. The van der Waals surface area contributed by atoms with E-state index in [0.717, 1.165) is 37.1 Å². The summed E-state index contributed by atoms with van der Waals surface area (Å²) in [7, 11) is 0. The van der Waals surface area contributed by atoms with Crippen LogP contribution >= 0.6 is 0 Å². The summed E-state index contributed by atoms with van der Waals surface area (Å²) in [6.45, 7) is 2.39. The average Bonchev–Trinajstić information content (AvgIpc) is 2.93. The first-order valence-corrected chi connectivity index (χ1v) is 6.73. The molecule has 2 N–H and O–H groups in total. The van der Waals surface area contributed by atoms with Crippen molar-refractivity contribution < 1.29 is 4.79 Å². The van der Waals surface area contributed by atoms with E-state index in [2.05, 4.69) is 15.6 Å². The zero-order valence-corrected chi connectivity index (χ0v) is 10.8. The SMILES string of the molecule is O=C(NCc1ccn2ccnc2c1)C1CCCNC1. The molecule has 5 nitrogen and oxygen atoms in total. The fourth-order valence-corrected chi connectivity index (χ4v) is 2.47. The third-order valence-corrected chi connectivity index (χ3v) is 3.60. The quantitative estimate of drug-likeness (QED) is 0.862. The molecule has 0 aromatic carbocycles. The predicted molar refractivity (Wildman–Crippen MR) is 72.6 cm³/mol. The number of amides is 1. The number of carbonyl (C=O) groups excluding carboxylic acids is 1. The summed E-state index contributed by atoms with van der Waals surface area (Å²) >= 11 is 0. The maximum atomic E-state index is 12.0. The monoisotopic (exact) mass is 258 g/mol. The van der Waals surface area contributed by atoms with Crippen LogP contribution in [-0.4, -0.2) is 28.4 Å². The summed E-state index contributed by atoms with van der Waals surface area (Å²) in [5.74, 6) is 0.263. The van der Waals surface area contributed by atoms with Gasteiger partial charge in [0, 0.05) is 31.7 Å². The van der Waals surface area contributed by atoms with Gasteiger partial charge in [0.25, 0.3) is 0 Å². The van der Waals surface area contributed by atoms with E-state index >= 15 is 0 Å². The highest BCUT2D eigenvalue weighted by atomic mass is 16.1. The Labute approximate surface area is 112 Å². The van der Waals surface area contributed by atoms with E-state index in [4.69, 9.17) is 0 Å². The van der Waals surface area contributed by atoms with Crippen LogP contribution in [0.4, 0.5) is 0 Å². The van der Waals surface area contributed by atoms with Crippen LogP contribution in [0.3, 0.4) is 0 Å². The number of imidazole rings is 1. The van der Waals surface area contributed by atoms with Gasteiger partial charge in [-0.25, -0.2) is 4.98 Å². The van der Waals surface area contributed by atoms with Crippen LogP contribution in [0.1, 0.15) is 18.4 Å². The van der Waals surface area contributed by atoms with Crippen molar-refractivity contribution in [1.82, 2.24) is 20.0 Å². The summed E-state index contributed by atoms with van der Waals surface area (Å²) in [6, 6.07) is 4.01. The van der Waals surface area contributed by atoms with Crippen LogP contribution in [-0.2, 0) is 11.3 Å². The molecule has 3 heterocycles. The fraction of sp³-hybridized carbons (Fsp3) is 0.429. The Hall–Kier alpha value is -1.88. The summed E-state index contributed by atoms with van der Waals surface area (Å²) < 4.78 is 1.95. The van der Waals surface area contributed by atoms with E-state index < -0.39 is 0 Å². The molecule has 1 saturated heterocycles. The Morgan fingerprint density at radius 2 is 2.47 bits per heavy atom. The molecule has 1 aliphatic rings. The van der Waals surface area contributed by atoms with E-state index in [0.29, 0.717) is 6.54 Å². The molecule has 2 aromatic rings. The van der Waals surface area contributed by atoms with Gasteiger partial charge in [0.1, 0.15) is 5.65 Å². The van der Waals surface area contributed by atoms with Crippen LogP contribution in [0.25, 0.3) is 5.65 Å². The Bertz CT molecular complexity index is 572. The molecule has 100 valence electrons. The van der Waals surface area contributed by atoms with Gasteiger partial charge in [-0.1, -0.05) is 0 Å². The molecule has 0 saturated carbocycles. The molecule has 19 heavy (non-hydrogen) atoms. The topological polar surface area (TPSA) is 58.4 Å². The standard InChI is InChI=1S/C14H18N4O/c19-14(12-2-1-4-15-10-12)17-9-11-3-6-18-7-5-16-13(18)8-11/h3,5-8,12,15H,1-2,4,9-10H2,(H,17,19). The highest BCUT2D eigenvalue weighted by Crippen LogP contribution is 2.10. The number of nitrogens with one attached hydrogen (secondary N) is 2. The van der Waals surface area contributed by atoms with Crippen molar-refractivity contribution in [2.24, 2.45) is 5.92 Å². The number of hydrogen-bond acceptors (Lipinski definition) is 3. The second-order valence-electron chi connectivity index (χ2n) is 4.99. The van der Waals surface area contributed by atoms with Crippen molar-refractivity contribution in [3.8, 4) is 0 Å². The number of pyridine rings is 1. The largest absolute Gasteiger partial charge is 0.352 e. The Balaban J connectivity index is 1.60. The third kappa shape index (κ3) is 2.76. The minimum atomic E-state index is 0.115. The molecule has 0 spiro atoms. The molecule has 2 aromatic heterocycles. The number of rotatable bonds is 3. The highest BCUT2D eigenvalue weighted by molar-refractivity contribution is 5.79. The lowest BCUT2D eigenvalue weighted by atomic mass is 9.99. The van der Waals surface area contributed by atoms with Crippen LogP contribution in [0, 0.1) is 5.92 Å². The molecule has 1 fully saturated rings. The molecule has 1 atom stereocenters. The number of nitrogens with zero attached hydrogens (tertiary/aromatic N) is 2. The first kappa shape index (κ1) is 12.2. The predicted octanol–water partition coefficient (Wildman–Crippen LogP) is 0.950. The van der Waals surface area contributed by atoms with Gasteiger partial charge >= 0.3 is 0 Å². The summed E-state index contributed by atoms with van der Waals surface area (Å²) in [4.78, 5) is 16.2. The maximum absolute atomic E-state index is 12.0. The first-order valence-electron chi connectivity index (χ1n) is 6.73. The van der Waals surface area contributed by atoms with Crippen LogP contribution in [0.5, 0.6) is 0 Å². The number of aromatic nitrogens is 2. The second kappa shape index (κ2) is 5.40. The lowest BCUT2D eigenvalue weighted by molar-refractivity contribution is -0.125. The van der Waals surface area contributed by atoms with Gasteiger partial charge in [0.05, 0.1) is 5.92 Å². The Kier molecular flexibility index (Phi) is 3.46. The van der Waals surface area contributed by atoms with Gasteiger partial charge in [-0.2, -0.15) is 0 Å². The lowest BCUT2D eigenvalue weighted by Gasteiger charge is -2.21. The van der Waals surface area contributed by atoms with Crippen molar-refractivity contribution in [3.63, 3.8) is 0 Å². The second-order valence-corrected chi connectivity index (χ2v) is 4.99. The molecule has 1 amide bonds. The summed E-state index contributed by atoms with van der Waals surface area (Å²) in [5.41, 5.74) is 1.99. The molecule has 0 aliphatic carbocycles. The van der Waals surface area contributed by atoms with Gasteiger partial charge < -0.3 is 15.0 Å². The average molecular weight is 258 g/mol. The van der Waals surface area contributed by atoms with Crippen molar-refractivity contribution in [3.05, 3.63) is 36.3 Å². The van der Waals surface area contributed by atoms with Crippen LogP contribution in [0.15, 0.2) is 30.7 Å². The molecular weight excluding hydrogens is 240 g/mol. The van der Waals surface area contributed by atoms with Crippen LogP contribution < -0.4 is 10.6 Å². The maximum Gasteiger partial charge on any atom is 0.224 e. The first-order chi connectivity index (χ1) is 9.33. The molecule has 1 aliphatic heterocycles. The zero-order chi connectivity index (χ0) is 13.1. The van der Waals surface area contributed by atoms with Crippen molar-refractivity contribution in [2.75, 3.05) is 13.1 Å². The van der Waals surface area contributed by atoms with E-state index in [1.54, 1.807) is 6.20 Å². The smallest absolute Gasteiger partial charge is 0.224 e. The molecule has 0 bridgehead atoms. The molecule has 3 rings (SSSR count). The van der Waals surface area contributed by atoms with Crippen LogP contribution in [0.2, 0.25) is 0 Å². The van der Waals surface area contributed by atoms with E-state index in [1.165, 1.54) is 0 Å². The van der Waals surface area contributed by atoms with Crippen molar-refractivity contribution in [2.45, 2.75) is 19.4 Å². The number of piperidine rings is 1.